The first-order valence-corrected chi connectivity index (χ1v) is 10.5. The number of hydrogen-bond donors (Lipinski definition) is 3. The van der Waals surface area contributed by atoms with Crippen LogP contribution in [0.5, 0.6) is 5.75 Å². The van der Waals surface area contributed by atoms with E-state index in [1.54, 1.807) is 43.4 Å². The van der Waals surface area contributed by atoms with Crippen LogP contribution in [0.1, 0.15) is 63.7 Å². The number of carbonyl (C=O) groups excluding carboxylic acids is 1. The van der Waals surface area contributed by atoms with Gasteiger partial charge in [-0.25, -0.2) is 4.79 Å². The van der Waals surface area contributed by atoms with Gasteiger partial charge in [0.05, 0.1) is 6.61 Å². The Morgan fingerprint density at radius 1 is 1.27 bits per heavy atom. The van der Waals surface area contributed by atoms with Crippen LogP contribution in [-0.4, -0.2) is 34.8 Å². The molecule has 1 aliphatic rings. The molecule has 4 N–H and O–H groups in total. The monoisotopic (exact) mass is 417 g/mol. The highest BCUT2D eigenvalue weighted by molar-refractivity contribution is 5.92. The summed E-state index contributed by atoms with van der Waals surface area (Å²) >= 11 is 0. The highest BCUT2D eigenvalue weighted by atomic mass is 16.5. The number of unbranched alkanes of at least 4 members (excludes halogenated alkanes) is 1. The van der Waals surface area contributed by atoms with Gasteiger partial charge in [0.25, 0.3) is 0 Å². The van der Waals surface area contributed by atoms with E-state index in [2.05, 4.69) is 13.8 Å². The van der Waals surface area contributed by atoms with Gasteiger partial charge in [-0.05, 0) is 38.3 Å². The van der Waals surface area contributed by atoms with Gasteiger partial charge in [-0.2, -0.15) is 0 Å². The Labute approximate surface area is 179 Å². The molecule has 3 atom stereocenters. The van der Waals surface area contributed by atoms with Crippen molar-refractivity contribution < 1.29 is 24.5 Å². The van der Waals surface area contributed by atoms with E-state index in [4.69, 9.17) is 15.6 Å². The Hall–Kier alpha value is -2.60. The number of phenolic OH excluding ortho intramolecular Hbond substituents is 1. The summed E-state index contributed by atoms with van der Waals surface area (Å²) in [6, 6.07) is 6.03. The largest absolute Gasteiger partial charge is 0.507 e. The topological polar surface area (TPSA) is 110 Å². The quantitative estimate of drug-likeness (QED) is 0.530. The molecule has 0 fully saturated rings. The zero-order chi connectivity index (χ0) is 22.7. The number of esters is 1. The van der Waals surface area contributed by atoms with Gasteiger partial charge in [-0.3, -0.25) is 4.79 Å². The van der Waals surface area contributed by atoms with Gasteiger partial charge in [-0.1, -0.05) is 69.0 Å². The molecular formula is C24H35NO5. The fourth-order valence-corrected chi connectivity index (χ4v) is 2.96. The second-order valence-electron chi connectivity index (χ2n) is 7.89. The highest BCUT2D eigenvalue weighted by Gasteiger charge is 2.37. The van der Waals surface area contributed by atoms with E-state index in [1.165, 1.54) is 6.07 Å². The first-order valence-electron chi connectivity index (χ1n) is 10.5. The number of allylic oxidation sites excluding steroid dienone is 2. The molecule has 1 aromatic carbocycles. The molecule has 1 aliphatic carbocycles. The van der Waals surface area contributed by atoms with Crippen LogP contribution >= 0.6 is 0 Å². The summed E-state index contributed by atoms with van der Waals surface area (Å²) in [6.45, 7) is 8.22. The molecule has 0 saturated heterocycles. The number of phenols is 1. The van der Waals surface area contributed by atoms with E-state index in [-0.39, 0.29) is 11.3 Å². The number of rotatable bonds is 8. The van der Waals surface area contributed by atoms with Crippen LogP contribution in [0.15, 0.2) is 48.1 Å². The first kappa shape index (κ1) is 25.4. The maximum absolute atomic E-state index is 11.8. The molecule has 6 heteroatoms. The number of aliphatic carboxylic acids is 1. The molecule has 30 heavy (non-hydrogen) atoms. The number of benzene rings is 1. The molecule has 166 valence electrons. The standard InChI is InChI=1S/C15H22O3.C9H13NO2/c1-3-5-8-12(4-2)11-18-15(17)13-9-6-7-10-14(13)16;1-6-3-4-9(2,8(11)12)7(10)5-6/h6-7,9-10,12,16H,3-5,8,11H2,1-2H3;3-5,7H,10H2,1-2H3,(H,11,12). The Morgan fingerprint density at radius 3 is 2.47 bits per heavy atom. The predicted molar refractivity (Wildman–Crippen MR) is 118 cm³/mol. The van der Waals surface area contributed by atoms with Gasteiger partial charge in [0.2, 0.25) is 0 Å². The van der Waals surface area contributed by atoms with E-state index in [9.17, 15) is 14.7 Å². The van der Waals surface area contributed by atoms with E-state index < -0.39 is 23.4 Å². The lowest BCUT2D eigenvalue weighted by Crippen LogP contribution is -2.44. The second kappa shape index (κ2) is 12.2. The summed E-state index contributed by atoms with van der Waals surface area (Å²) < 4.78 is 5.26. The van der Waals surface area contributed by atoms with Crippen molar-refractivity contribution in [3.05, 3.63) is 53.6 Å². The normalized spacial score (nSPS) is 21.1. The van der Waals surface area contributed by atoms with Crippen molar-refractivity contribution >= 4 is 11.9 Å². The van der Waals surface area contributed by atoms with Gasteiger partial charge in [0.15, 0.2) is 0 Å². The molecule has 0 radical (unpaired) electrons. The van der Waals surface area contributed by atoms with Crippen molar-refractivity contribution in [3.8, 4) is 5.75 Å². The average molecular weight is 418 g/mol. The molecule has 0 aromatic heterocycles. The Bertz CT molecular complexity index is 771. The first-order chi connectivity index (χ1) is 14.2. The molecule has 0 aliphatic heterocycles. The van der Waals surface area contributed by atoms with Crippen LogP contribution < -0.4 is 5.73 Å². The summed E-state index contributed by atoms with van der Waals surface area (Å²) in [5.41, 5.74) is 6.00. The van der Waals surface area contributed by atoms with Crippen LogP contribution in [0.3, 0.4) is 0 Å². The number of nitrogens with two attached hydrogens (primary N) is 1. The zero-order valence-electron chi connectivity index (χ0n) is 18.4. The van der Waals surface area contributed by atoms with E-state index in [0.717, 1.165) is 31.3 Å². The van der Waals surface area contributed by atoms with Crippen molar-refractivity contribution in [2.24, 2.45) is 17.1 Å². The molecule has 2 rings (SSSR count). The Morgan fingerprint density at radius 2 is 1.93 bits per heavy atom. The fraction of sp³-hybridized carbons (Fsp3) is 0.500. The third kappa shape index (κ3) is 7.34. The second-order valence-corrected chi connectivity index (χ2v) is 7.89. The molecule has 0 amide bonds. The lowest BCUT2D eigenvalue weighted by atomic mass is 9.78. The Balaban J connectivity index is 0.000000325. The van der Waals surface area contributed by atoms with Crippen molar-refractivity contribution in [2.45, 2.75) is 59.4 Å². The summed E-state index contributed by atoms with van der Waals surface area (Å²) in [5, 5.41) is 18.4. The van der Waals surface area contributed by atoms with Crippen molar-refractivity contribution in [2.75, 3.05) is 6.61 Å². The zero-order valence-corrected chi connectivity index (χ0v) is 18.4. The van der Waals surface area contributed by atoms with Gasteiger partial charge < -0.3 is 20.7 Å². The fourth-order valence-electron chi connectivity index (χ4n) is 2.96. The molecule has 0 heterocycles. The number of aromatic hydroxyl groups is 1. The third-order valence-corrected chi connectivity index (χ3v) is 5.41. The van der Waals surface area contributed by atoms with Crippen molar-refractivity contribution in [3.63, 3.8) is 0 Å². The van der Waals surface area contributed by atoms with Crippen LogP contribution in [0.2, 0.25) is 0 Å². The molecule has 6 nitrogen and oxygen atoms in total. The predicted octanol–water partition coefficient (Wildman–Crippen LogP) is 4.69. The maximum Gasteiger partial charge on any atom is 0.341 e. The number of carboxylic acid groups (broad SMARTS) is 1. The number of carbonyl (C=O) groups is 2. The summed E-state index contributed by atoms with van der Waals surface area (Å²) in [4.78, 5) is 22.6. The SMILES string of the molecule is CC1=CC(N)C(C)(C(=O)O)C=C1.CCCCC(CC)COC(=O)c1ccccc1O. The van der Waals surface area contributed by atoms with Crippen LogP contribution in [0.4, 0.5) is 0 Å². The maximum atomic E-state index is 11.8. The summed E-state index contributed by atoms with van der Waals surface area (Å²) in [7, 11) is 0. The van der Waals surface area contributed by atoms with Crippen molar-refractivity contribution in [1.82, 2.24) is 0 Å². The molecule has 0 bridgehead atoms. The molecule has 0 spiro atoms. The minimum absolute atomic E-state index is 0.0240. The molecule has 0 saturated carbocycles. The van der Waals surface area contributed by atoms with Crippen LogP contribution in [0.25, 0.3) is 0 Å². The minimum Gasteiger partial charge on any atom is -0.507 e. The third-order valence-electron chi connectivity index (χ3n) is 5.41. The number of para-hydroxylation sites is 1. The van der Waals surface area contributed by atoms with Gasteiger partial charge in [0, 0.05) is 6.04 Å². The van der Waals surface area contributed by atoms with E-state index in [1.807, 2.05) is 6.92 Å². The molecule has 1 aromatic rings. The number of ether oxygens (including phenoxy) is 1. The molecular weight excluding hydrogens is 382 g/mol. The molecule has 3 unspecified atom stereocenters. The van der Waals surface area contributed by atoms with Crippen molar-refractivity contribution in [1.29, 1.82) is 0 Å². The Kier molecular flexibility index (Phi) is 10.3. The lowest BCUT2D eigenvalue weighted by molar-refractivity contribution is -0.145. The summed E-state index contributed by atoms with van der Waals surface area (Å²) in [5.74, 6) is -0.929. The van der Waals surface area contributed by atoms with Gasteiger partial charge >= 0.3 is 11.9 Å². The van der Waals surface area contributed by atoms with E-state index in [0.29, 0.717) is 12.5 Å². The average Bonchev–Trinajstić information content (AvgIpc) is 2.71. The van der Waals surface area contributed by atoms with Crippen LogP contribution in [0, 0.1) is 11.3 Å². The lowest BCUT2D eigenvalue weighted by Gasteiger charge is -2.28. The van der Waals surface area contributed by atoms with Crippen LogP contribution in [-0.2, 0) is 9.53 Å². The number of carboxylic acids is 1. The smallest absolute Gasteiger partial charge is 0.341 e. The van der Waals surface area contributed by atoms with Gasteiger partial charge in [-0.15, -0.1) is 0 Å². The van der Waals surface area contributed by atoms with E-state index >= 15 is 0 Å². The summed E-state index contributed by atoms with van der Waals surface area (Å²) in [6.07, 6.45) is 9.62. The van der Waals surface area contributed by atoms with Gasteiger partial charge in [0.1, 0.15) is 16.7 Å². The highest BCUT2D eigenvalue weighted by Crippen LogP contribution is 2.28. The number of hydrogen-bond acceptors (Lipinski definition) is 5. The minimum atomic E-state index is -0.945.